The second-order valence-corrected chi connectivity index (χ2v) is 10.8. The lowest BCUT2D eigenvalue weighted by molar-refractivity contribution is 0.391. The topological polar surface area (TPSA) is 70.7 Å². The molecule has 3 aromatic rings. The number of rotatable bonds is 6. The van der Waals surface area contributed by atoms with Gasteiger partial charge in [-0.05, 0) is 49.7 Å². The SMILES string of the molecule is COc1ccc(NS(=O)(=O)c2ccc(-c3ccccc3)s2)cc1N1CC(C)NC(C)C1. The third-order valence-corrected chi connectivity index (χ3v) is 8.24. The lowest BCUT2D eigenvalue weighted by atomic mass is 10.1. The molecule has 1 saturated heterocycles. The predicted octanol–water partition coefficient (Wildman–Crippen LogP) is 4.41. The molecular formula is C23H27N3O3S2. The molecule has 0 bridgehead atoms. The normalized spacial score (nSPS) is 19.3. The van der Waals surface area contributed by atoms with E-state index >= 15 is 0 Å². The molecule has 4 rings (SSSR count). The highest BCUT2D eigenvalue weighted by Crippen LogP contribution is 2.35. The molecule has 2 atom stereocenters. The fourth-order valence-corrected chi connectivity index (χ4v) is 6.31. The summed E-state index contributed by atoms with van der Waals surface area (Å²) >= 11 is 1.26. The van der Waals surface area contributed by atoms with Crippen LogP contribution in [0.4, 0.5) is 11.4 Å². The lowest BCUT2D eigenvalue weighted by Crippen LogP contribution is -2.54. The van der Waals surface area contributed by atoms with E-state index in [0.29, 0.717) is 17.8 Å². The molecule has 2 aromatic carbocycles. The molecule has 0 radical (unpaired) electrons. The predicted molar refractivity (Wildman–Crippen MR) is 128 cm³/mol. The number of nitrogens with one attached hydrogen (secondary N) is 2. The highest BCUT2D eigenvalue weighted by Gasteiger charge is 2.24. The van der Waals surface area contributed by atoms with Crippen LogP contribution in [0.15, 0.2) is 64.9 Å². The van der Waals surface area contributed by atoms with Gasteiger partial charge in [-0.25, -0.2) is 8.42 Å². The van der Waals surface area contributed by atoms with Gasteiger partial charge in [0.05, 0.1) is 18.5 Å². The van der Waals surface area contributed by atoms with Gasteiger partial charge in [-0.3, -0.25) is 4.72 Å². The average Bonchev–Trinajstić information content (AvgIpc) is 3.25. The van der Waals surface area contributed by atoms with Crippen molar-refractivity contribution in [3.8, 4) is 16.2 Å². The number of thiophene rings is 1. The number of ether oxygens (including phenoxy) is 1. The zero-order valence-electron chi connectivity index (χ0n) is 17.8. The monoisotopic (exact) mass is 457 g/mol. The highest BCUT2D eigenvalue weighted by molar-refractivity contribution is 7.94. The van der Waals surface area contributed by atoms with Crippen LogP contribution in [-0.4, -0.2) is 40.7 Å². The smallest absolute Gasteiger partial charge is 0.271 e. The van der Waals surface area contributed by atoms with E-state index in [1.165, 1.54) is 11.3 Å². The molecule has 2 N–H and O–H groups in total. The van der Waals surface area contributed by atoms with E-state index in [2.05, 4.69) is 28.8 Å². The van der Waals surface area contributed by atoms with Crippen molar-refractivity contribution in [2.45, 2.75) is 30.1 Å². The van der Waals surface area contributed by atoms with Crippen molar-refractivity contribution < 1.29 is 13.2 Å². The van der Waals surface area contributed by atoms with E-state index in [4.69, 9.17) is 4.74 Å². The first-order valence-electron chi connectivity index (χ1n) is 10.2. The van der Waals surface area contributed by atoms with E-state index in [1.807, 2.05) is 48.5 Å². The second-order valence-electron chi connectivity index (χ2n) is 7.85. The molecule has 8 heteroatoms. The minimum Gasteiger partial charge on any atom is -0.495 e. The number of hydrogen-bond acceptors (Lipinski definition) is 6. The number of methoxy groups -OCH3 is 1. The van der Waals surface area contributed by atoms with Crippen LogP contribution in [0.5, 0.6) is 5.75 Å². The molecule has 0 amide bonds. The Labute approximate surface area is 187 Å². The Morgan fingerprint density at radius 1 is 1.03 bits per heavy atom. The van der Waals surface area contributed by atoms with Crippen molar-refractivity contribution in [3.05, 3.63) is 60.7 Å². The molecule has 164 valence electrons. The van der Waals surface area contributed by atoms with Crippen LogP contribution in [0.1, 0.15) is 13.8 Å². The van der Waals surface area contributed by atoms with Gasteiger partial charge in [0.25, 0.3) is 10.0 Å². The molecule has 6 nitrogen and oxygen atoms in total. The van der Waals surface area contributed by atoms with Gasteiger partial charge in [-0.15, -0.1) is 11.3 Å². The maximum absolute atomic E-state index is 13.0. The average molecular weight is 458 g/mol. The molecule has 2 unspecified atom stereocenters. The van der Waals surface area contributed by atoms with Crippen molar-refractivity contribution >= 4 is 32.7 Å². The first-order chi connectivity index (χ1) is 14.9. The second kappa shape index (κ2) is 8.90. The van der Waals surface area contributed by atoms with Crippen molar-refractivity contribution in [2.75, 3.05) is 29.8 Å². The summed E-state index contributed by atoms with van der Waals surface area (Å²) in [6, 6.07) is 19.3. The summed E-state index contributed by atoms with van der Waals surface area (Å²) < 4.78 is 34.7. The summed E-state index contributed by atoms with van der Waals surface area (Å²) in [4.78, 5) is 3.15. The Bertz CT molecular complexity index is 1140. The Morgan fingerprint density at radius 3 is 2.42 bits per heavy atom. The van der Waals surface area contributed by atoms with E-state index in [1.54, 1.807) is 19.2 Å². The van der Waals surface area contributed by atoms with Gasteiger partial charge in [0, 0.05) is 30.1 Å². The van der Waals surface area contributed by atoms with Gasteiger partial charge in [0.1, 0.15) is 9.96 Å². The zero-order valence-corrected chi connectivity index (χ0v) is 19.5. The van der Waals surface area contributed by atoms with Crippen molar-refractivity contribution in [1.29, 1.82) is 0 Å². The lowest BCUT2D eigenvalue weighted by Gasteiger charge is -2.38. The largest absolute Gasteiger partial charge is 0.495 e. The molecule has 1 aliphatic rings. The summed E-state index contributed by atoms with van der Waals surface area (Å²) in [6.07, 6.45) is 0. The zero-order chi connectivity index (χ0) is 22.0. The van der Waals surface area contributed by atoms with Gasteiger partial charge in [0.15, 0.2) is 0 Å². The number of piperazine rings is 1. The molecule has 31 heavy (non-hydrogen) atoms. The van der Waals surface area contributed by atoms with Gasteiger partial charge in [-0.1, -0.05) is 30.3 Å². The molecule has 0 spiro atoms. The van der Waals surface area contributed by atoms with Crippen LogP contribution in [0.3, 0.4) is 0 Å². The minimum atomic E-state index is -3.69. The summed E-state index contributed by atoms with van der Waals surface area (Å²) in [7, 11) is -2.06. The summed E-state index contributed by atoms with van der Waals surface area (Å²) in [5, 5.41) is 3.51. The summed E-state index contributed by atoms with van der Waals surface area (Å²) in [5.41, 5.74) is 2.41. The minimum absolute atomic E-state index is 0.285. The van der Waals surface area contributed by atoms with E-state index < -0.39 is 10.0 Å². The number of hydrogen-bond donors (Lipinski definition) is 2. The first kappa shape index (κ1) is 21.7. The third-order valence-electron chi connectivity index (χ3n) is 5.23. The van der Waals surface area contributed by atoms with Gasteiger partial charge >= 0.3 is 0 Å². The fraction of sp³-hybridized carbons (Fsp3) is 0.304. The third kappa shape index (κ3) is 4.87. The first-order valence-corrected chi connectivity index (χ1v) is 12.5. The highest BCUT2D eigenvalue weighted by atomic mass is 32.2. The summed E-state index contributed by atoms with van der Waals surface area (Å²) in [6.45, 7) is 5.93. The van der Waals surface area contributed by atoms with Crippen LogP contribution in [0.2, 0.25) is 0 Å². The number of benzene rings is 2. The standard InChI is InChI=1S/C23H27N3O3S2/c1-16-14-26(15-17(2)24-16)20-13-19(9-10-21(20)29-3)25-31(27,28)23-12-11-22(30-23)18-7-5-4-6-8-18/h4-13,16-17,24-25H,14-15H2,1-3H3. The van der Waals surface area contributed by atoms with Gasteiger partial charge in [0.2, 0.25) is 0 Å². The van der Waals surface area contributed by atoms with Gasteiger partial charge < -0.3 is 15.0 Å². The quantitative estimate of drug-likeness (QED) is 0.574. The molecule has 1 fully saturated rings. The van der Waals surface area contributed by atoms with Crippen LogP contribution < -0.4 is 19.7 Å². The van der Waals surface area contributed by atoms with Crippen molar-refractivity contribution in [1.82, 2.24) is 5.32 Å². The molecule has 0 saturated carbocycles. The van der Waals surface area contributed by atoms with E-state index in [-0.39, 0.29) is 4.21 Å². The maximum atomic E-state index is 13.0. The van der Waals surface area contributed by atoms with Crippen molar-refractivity contribution in [2.24, 2.45) is 0 Å². The van der Waals surface area contributed by atoms with Crippen LogP contribution >= 0.6 is 11.3 Å². The van der Waals surface area contributed by atoms with E-state index in [0.717, 1.165) is 35.0 Å². The molecule has 1 aromatic heterocycles. The van der Waals surface area contributed by atoms with Crippen molar-refractivity contribution in [3.63, 3.8) is 0 Å². The maximum Gasteiger partial charge on any atom is 0.271 e. The molecule has 1 aliphatic heterocycles. The Hall–Kier alpha value is -2.55. The molecule has 0 aliphatic carbocycles. The number of anilines is 2. The van der Waals surface area contributed by atoms with Crippen LogP contribution in [-0.2, 0) is 10.0 Å². The van der Waals surface area contributed by atoms with Crippen LogP contribution in [0, 0.1) is 0 Å². The number of sulfonamides is 1. The van der Waals surface area contributed by atoms with Crippen LogP contribution in [0.25, 0.3) is 10.4 Å². The Morgan fingerprint density at radius 2 is 1.74 bits per heavy atom. The Balaban J connectivity index is 1.59. The number of nitrogens with zero attached hydrogens (tertiary/aromatic N) is 1. The molecular weight excluding hydrogens is 430 g/mol. The Kier molecular flexibility index (Phi) is 6.22. The molecule has 2 heterocycles. The summed E-state index contributed by atoms with van der Waals surface area (Å²) in [5.74, 6) is 0.728. The fourth-order valence-electron chi connectivity index (χ4n) is 3.95. The van der Waals surface area contributed by atoms with E-state index in [9.17, 15) is 8.42 Å². The van der Waals surface area contributed by atoms with Gasteiger partial charge in [-0.2, -0.15) is 0 Å².